The summed E-state index contributed by atoms with van der Waals surface area (Å²) in [6.07, 6.45) is 2.12. The Kier molecular flexibility index (Phi) is 4.06. The Balaban J connectivity index is 2.33. The van der Waals surface area contributed by atoms with Gasteiger partial charge in [0.1, 0.15) is 5.82 Å². The van der Waals surface area contributed by atoms with Crippen LogP contribution >= 0.6 is 11.3 Å². The van der Waals surface area contributed by atoms with E-state index in [0.29, 0.717) is 12.0 Å². The molecule has 2 rings (SSSR count). The minimum absolute atomic E-state index is 0.214. The van der Waals surface area contributed by atoms with E-state index < -0.39 is 5.41 Å². The highest BCUT2D eigenvalue weighted by Crippen LogP contribution is 2.29. The molecule has 0 spiro atoms. The molecule has 96 valence electrons. The van der Waals surface area contributed by atoms with Gasteiger partial charge in [0, 0.05) is 23.4 Å². The Morgan fingerprint density at radius 2 is 1.83 bits per heavy atom. The molecular formula is C13H14FNO2S. The molecule has 18 heavy (non-hydrogen) atoms. The zero-order valence-electron chi connectivity index (χ0n) is 9.71. The summed E-state index contributed by atoms with van der Waals surface area (Å²) in [5, 5.41) is 21.9. The summed E-state index contributed by atoms with van der Waals surface area (Å²) in [6, 6.07) is 5.85. The third kappa shape index (κ3) is 2.58. The lowest BCUT2D eigenvalue weighted by Crippen LogP contribution is -2.37. The second-order valence-corrected chi connectivity index (χ2v) is 5.19. The van der Waals surface area contributed by atoms with E-state index in [4.69, 9.17) is 0 Å². The first-order valence-electron chi connectivity index (χ1n) is 5.56. The van der Waals surface area contributed by atoms with Gasteiger partial charge in [0.05, 0.1) is 18.2 Å². The molecule has 0 aliphatic rings. The number of rotatable bonds is 5. The predicted octanol–water partition coefficient (Wildman–Crippen LogP) is 1.75. The molecule has 2 N–H and O–H groups in total. The van der Waals surface area contributed by atoms with Crippen molar-refractivity contribution in [3.8, 4) is 0 Å². The maximum absolute atomic E-state index is 12.9. The topological polar surface area (TPSA) is 53.4 Å². The normalized spacial score (nSPS) is 11.7. The number of aromatic nitrogens is 1. The van der Waals surface area contributed by atoms with E-state index in [-0.39, 0.29) is 19.0 Å². The molecule has 0 aliphatic heterocycles. The number of hydrogen-bond acceptors (Lipinski definition) is 4. The van der Waals surface area contributed by atoms with Crippen molar-refractivity contribution >= 4 is 11.3 Å². The zero-order chi connectivity index (χ0) is 13.0. The molecule has 0 radical (unpaired) electrons. The minimum Gasteiger partial charge on any atom is -0.395 e. The molecule has 0 aliphatic carbocycles. The van der Waals surface area contributed by atoms with Crippen LogP contribution in [0.5, 0.6) is 0 Å². The molecule has 0 fully saturated rings. The van der Waals surface area contributed by atoms with E-state index in [0.717, 1.165) is 5.01 Å². The molecule has 5 heteroatoms. The van der Waals surface area contributed by atoms with Crippen molar-refractivity contribution in [3.05, 3.63) is 52.2 Å². The predicted molar refractivity (Wildman–Crippen MR) is 68.1 cm³/mol. The largest absolute Gasteiger partial charge is 0.395 e. The quantitative estimate of drug-likeness (QED) is 0.867. The van der Waals surface area contributed by atoms with Crippen LogP contribution in [0.1, 0.15) is 10.6 Å². The summed E-state index contributed by atoms with van der Waals surface area (Å²) in [7, 11) is 0. The van der Waals surface area contributed by atoms with Crippen molar-refractivity contribution in [2.45, 2.75) is 11.8 Å². The van der Waals surface area contributed by atoms with E-state index in [2.05, 4.69) is 4.98 Å². The summed E-state index contributed by atoms with van der Waals surface area (Å²) in [5.41, 5.74) is -0.102. The molecule has 1 aromatic carbocycles. The van der Waals surface area contributed by atoms with Crippen molar-refractivity contribution < 1.29 is 14.6 Å². The van der Waals surface area contributed by atoms with E-state index in [1.54, 1.807) is 18.3 Å². The van der Waals surface area contributed by atoms with E-state index in [1.807, 2.05) is 5.38 Å². The first kappa shape index (κ1) is 13.1. The molecule has 3 nitrogen and oxygen atoms in total. The van der Waals surface area contributed by atoms with Crippen LogP contribution in [0.15, 0.2) is 35.8 Å². The van der Waals surface area contributed by atoms with Gasteiger partial charge in [-0.2, -0.15) is 0 Å². The summed E-state index contributed by atoms with van der Waals surface area (Å²) < 4.78 is 12.9. The van der Waals surface area contributed by atoms with Crippen molar-refractivity contribution in [3.63, 3.8) is 0 Å². The van der Waals surface area contributed by atoms with Crippen LogP contribution in [0.4, 0.5) is 4.39 Å². The lowest BCUT2D eigenvalue weighted by atomic mass is 9.79. The Morgan fingerprint density at radius 3 is 2.33 bits per heavy atom. The fourth-order valence-corrected chi connectivity index (χ4v) is 2.64. The van der Waals surface area contributed by atoms with Crippen molar-refractivity contribution in [1.29, 1.82) is 0 Å². The van der Waals surface area contributed by atoms with Gasteiger partial charge in [-0.1, -0.05) is 12.1 Å². The van der Waals surface area contributed by atoms with E-state index in [9.17, 15) is 14.6 Å². The third-order valence-electron chi connectivity index (χ3n) is 3.04. The Labute approximate surface area is 109 Å². The monoisotopic (exact) mass is 267 g/mol. The van der Waals surface area contributed by atoms with Crippen LogP contribution in [0.2, 0.25) is 0 Å². The number of aliphatic hydroxyl groups excluding tert-OH is 2. The molecule has 0 atom stereocenters. The third-order valence-corrected chi connectivity index (χ3v) is 3.81. The molecule has 0 bridgehead atoms. The summed E-state index contributed by atoms with van der Waals surface area (Å²) in [5.74, 6) is -0.335. The number of benzene rings is 1. The van der Waals surface area contributed by atoms with Crippen LogP contribution in [-0.2, 0) is 11.8 Å². The van der Waals surface area contributed by atoms with Crippen LogP contribution in [0, 0.1) is 5.82 Å². The van der Waals surface area contributed by atoms with Gasteiger partial charge in [0.15, 0.2) is 0 Å². The van der Waals surface area contributed by atoms with Gasteiger partial charge >= 0.3 is 0 Å². The Hall–Kier alpha value is -1.30. The fourth-order valence-electron chi connectivity index (χ4n) is 1.88. The van der Waals surface area contributed by atoms with Crippen LogP contribution in [0.25, 0.3) is 0 Å². The van der Waals surface area contributed by atoms with E-state index >= 15 is 0 Å². The van der Waals surface area contributed by atoms with Crippen LogP contribution in [0.3, 0.4) is 0 Å². The van der Waals surface area contributed by atoms with Crippen molar-refractivity contribution in [1.82, 2.24) is 4.98 Å². The van der Waals surface area contributed by atoms with Crippen molar-refractivity contribution in [2.24, 2.45) is 0 Å². The maximum Gasteiger partial charge on any atom is 0.123 e. The zero-order valence-corrected chi connectivity index (χ0v) is 10.5. The Morgan fingerprint density at radius 1 is 1.17 bits per heavy atom. The number of thiazole rings is 1. The average molecular weight is 267 g/mol. The lowest BCUT2D eigenvalue weighted by molar-refractivity contribution is 0.116. The van der Waals surface area contributed by atoms with E-state index in [1.165, 1.54) is 23.5 Å². The molecule has 0 unspecified atom stereocenters. The molecule has 0 saturated heterocycles. The van der Waals surface area contributed by atoms with Gasteiger partial charge in [-0.15, -0.1) is 11.3 Å². The van der Waals surface area contributed by atoms with Gasteiger partial charge in [0.2, 0.25) is 0 Å². The maximum atomic E-state index is 12.9. The molecular weight excluding hydrogens is 253 g/mol. The number of nitrogens with zero attached hydrogens (tertiary/aromatic N) is 1. The second kappa shape index (κ2) is 5.56. The van der Waals surface area contributed by atoms with Gasteiger partial charge < -0.3 is 10.2 Å². The number of halogens is 1. The Bertz CT molecular complexity index is 480. The molecule has 0 amide bonds. The van der Waals surface area contributed by atoms with Gasteiger partial charge in [-0.05, 0) is 17.7 Å². The first-order valence-corrected chi connectivity index (χ1v) is 6.44. The second-order valence-electron chi connectivity index (χ2n) is 4.21. The number of aliphatic hydroxyl groups is 2. The van der Waals surface area contributed by atoms with Crippen LogP contribution in [-0.4, -0.2) is 28.4 Å². The van der Waals surface area contributed by atoms with Crippen LogP contribution < -0.4 is 0 Å². The standard InChI is InChI=1S/C13H14FNO2S/c14-11-3-1-10(2-4-11)13(8-16,9-17)7-12-15-5-6-18-12/h1-6,16-17H,7-9H2. The molecule has 1 aromatic heterocycles. The molecule has 0 saturated carbocycles. The lowest BCUT2D eigenvalue weighted by Gasteiger charge is -2.29. The van der Waals surface area contributed by atoms with Gasteiger partial charge in [-0.3, -0.25) is 0 Å². The first-order chi connectivity index (χ1) is 8.70. The number of hydrogen-bond donors (Lipinski definition) is 2. The minimum atomic E-state index is -0.814. The van der Waals surface area contributed by atoms with Crippen molar-refractivity contribution in [2.75, 3.05) is 13.2 Å². The fraction of sp³-hybridized carbons (Fsp3) is 0.308. The smallest absolute Gasteiger partial charge is 0.123 e. The SMILES string of the molecule is OCC(CO)(Cc1nccs1)c1ccc(F)cc1. The molecule has 1 heterocycles. The highest BCUT2D eigenvalue weighted by Gasteiger charge is 2.32. The van der Waals surface area contributed by atoms with Gasteiger partial charge in [0.25, 0.3) is 0 Å². The highest BCUT2D eigenvalue weighted by molar-refractivity contribution is 7.09. The summed E-state index contributed by atoms with van der Waals surface area (Å²) >= 11 is 1.47. The summed E-state index contributed by atoms with van der Waals surface area (Å²) in [6.45, 7) is -0.427. The highest BCUT2D eigenvalue weighted by atomic mass is 32.1. The molecule has 2 aromatic rings. The average Bonchev–Trinajstić information content (AvgIpc) is 2.90. The van der Waals surface area contributed by atoms with Gasteiger partial charge in [-0.25, -0.2) is 9.37 Å². The summed E-state index contributed by atoms with van der Waals surface area (Å²) in [4.78, 5) is 4.16.